The summed E-state index contributed by atoms with van der Waals surface area (Å²) in [4.78, 5) is 61.2. The molecule has 1 aromatic carbocycles. The molecule has 0 aliphatic carbocycles. The fourth-order valence-corrected chi connectivity index (χ4v) is 2.91. The highest BCUT2D eigenvalue weighted by atomic mass is 16.6. The summed E-state index contributed by atoms with van der Waals surface area (Å²) in [6.45, 7) is 3.59. The van der Waals surface area contributed by atoms with Crippen LogP contribution >= 0.6 is 0 Å². The van der Waals surface area contributed by atoms with E-state index in [-0.39, 0.29) is 16.7 Å². The lowest BCUT2D eigenvalue weighted by Gasteiger charge is -2.17. The second-order valence-corrected chi connectivity index (χ2v) is 6.73. The molecule has 2 aliphatic rings. The summed E-state index contributed by atoms with van der Waals surface area (Å²) in [5.74, 6) is -3.59. The summed E-state index contributed by atoms with van der Waals surface area (Å²) < 4.78 is 9.96. The number of Topliss-reactive ketones (excluding diaryl/α,β-unsaturated/α-hetero) is 1. The summed E-state index contributed by atoms with van der Waals surface area (Å²) in [7, 11) is 0. The molecule has 0 bridgehead atoms. The molecule has 0 unspecified atom stereocenters. The number of amides is 2. The van der Waals surface area contributed by atoms with E-state index in [1.54, 1.807) is 32.9 Å². The number of esters is 2. The summed E-state index contributed by atoms with van der Waals surface area (Å²) in [6.07, 6.45) is 0. The van der Waals surface area contributed by atoms with E-state index in [0.29, 0.717) is 5.57 Å². The van der Waals surface area contributed by atoms with E-state index in [2.05, 4.69) is 0 Å². The lowest BCUT2D eigenvalue weighted by atomic mass is 9.96. The quantitative estimate of drug-likeness (QED) is 0.432. The maximum absolute atomic E-state index is 12.2. The van der Waals surface area contributed by atoms with Crippen LogP contribution in [0.4, 0.5) is 0 Å². The van der Waals surface area contributed by atoms with Crippen LogP contribution in [-0.4, -0.2) is 53.2 Å². The minimum Gasteiger partial charge on any atom is -0.456 e. The molecule has 27 heavy (non-hydrogen) atoms. The van der Waals surface area contributed by atoms with E-state index >= 15 is 0 Å². The third-order valence-corrected chi connectivity index (χ3v) is 4.64. The van der Waals surface area contributed by atoms with Gasteiger partial charge in [0.15, 0.2) is 6.61 Å². The second kappa shape index (κ2) is 6.46. The number of fused-ring (bicyclic) bond motifs is 1. The van der Waals surface area contributed by atoms with Gasteiger partial charge in [-0.3, -0.25) is 24.1 Å². The van der Waals surface area contributed by atoms with Crippen LogP contribution in [0.5, 0.6) is 0 Å². The fraction of sp³-hybridized carbons (Fsp3) is 0.316. The minimum absolute atomic E-state index is 0.145. The van der Waals surface area contributed by atoms with Gasteiger partial charge in [-0.15, -0.1) is 0 Å². The second-order valence-electron chi connectivity index (χ2n) is 6.73. The number of hydrogen-bond acceptors (Lipinski definition) is 7. The van der Waals surface area contributed by atoms with Crippen LogP contribution in [0, 0.1) is 0 Å². The Morgan fingerprint density at radius 3 is 2.11 bits per heavy atom. The number of benzene rings is 1. The number of imide groups is 1. The van der Waals surface area contributed by atoms with Gasteiger partial charge < -0.3 is 9.47 Å². The molecular formula is C19H17NO7. The standard InChI is InChI=1S/C19H17NO7/c1-10-15(18(25)27-19(10,2)3)13(21)9-26-14(22)8-20-16(23)11-6-4-5-7-12(11)17(20)24/h4-7H,8-9H2,1-3H3. The molecule has 140 valence electrons. The molecule has 0 saturated heterocycles. The fourth-order valence-electron chi connectivity index (χ4n) is 2.91. The minimum atomic E-state index is -0.929. The first-order valence-corrected chi connectivity index (χ1v) is 8.22. The Bertz CT molecular complexity index is 891. The van der Waals surface area contributed by atoms with Gasteiger partial charge in [0.1, 0.15) is 17.7 Å². The van der Waals surface area contributed by atoms with E-state index in [1.165, 1.54) is 12.1 Å². The maximum atomic E-state index is 12.2. The highest BCUT2D eigenvalue weighted by Gasteiger charge is 2.41. The maximum Gasteiger partial charge on any atom is 0.342 e. The normalized spacial score (nSPS) is 17.9. The van der Waals surface area contributed by atoms with Gasteiger partial charge >= 0.3 is 11.9 Å². The number of ketones is 1. The first-order valence-electron chi connectivity index (χ1n) is 8.22. The Kier molecular flexibility index (Phi) is 4.43. The number of rotatable bonds is 5. The van der Waals surface area contributed by atoms with Crippen LogP contribution in [0.1, 0.15) is 41.5 Å². The monoisotopic (exact) mass is 371 g/mol. The number of carbonyl (C=O) groups is 5. The van der Waals surface area contributed by atoms with E-state index < -0.39 is 48.3 Å². The van der Waals surface area contributed by atoms with Crippen LogP contribution in [0.3, 0.4) is 0 Å². The molecule has 0 saturated carbocycles. The van der Waals surface area contributed by atoms with Crippen LogP contribution in [-0.2, 0) is 23.9 Å². The van der Waals surface area contributed by atoms with Crippen molar-refractivity contribution in [3.05, 3.63) is 46.5 Å². The van der Waals surface area contributed by atoms with Crippen molar-refractivity contribution in [2.45, 2.75) is 26.4 Å². The Morgan fingerprint density at radius 1 is 1.07 bits per heavy atom. The molecule has 3 rings (SSSR count). The van der Waals surface area contributed by atoms with E-state index in [0.717, 1.165) is 4.90 Å². The molecule has 8 nitrogen and oxygen atoms in total. The average molecular weight is 371 g/mol. The summed E-state index contributed by atoms with van der Waals surface area (Å²) in [5, 5.41) is 0. The number of nitrogens with zero attached hydrogens (tertiary/aromatic N) is 1. The van der Waals surface area contributed by atoms with Crippen molar-refractivity contribution in [2.75, 3.05) is 13.2 Å². The summed E-state index contributed by atoms with van der Waals surface area (Å²) in [6, 6.07) is 6.21. The molecule has 0 N–H and O–H groups in total. The molecule has 2 heterocycles. The van der Waals surface area contributed by atoms with Crippen molar-refractivity contribution >= 4 is 29.5 Å². The first kappa shape index (κ1) is 18.5. The molecule has 8 heteroatoms. The third-order valence-electron chi connectivity index (χ3n) is 4.64. The van der Waals surface area contributed by atoms with Gasteiger partial charge in [0.05, 0.1) is 11.1 Å². The smallest absolute Gasteiger partial charge is 0.342 e. The molecule has 2 amide bonds. The zero-order valence-corrected chi connectivity index (χ0v) is 15.0. The average Bonchev–Trinajstić information content (AvgIpc) is 2.97. The highest BCUT2D eigenvalue weighted by Crippen LogP contribution is 2.32. The molecule has 0 aromatic heterocycles. The summed E-state index contributed by atoms with van der Waals surface area (Å²) in [5.41, 5.74) is -0.166. The Morgan fingerprint density at radius 2 is 1.63 bits per heavy atom. The first-order chi connectivity index (χ1) is 12.6. The van der Waals surface area contributed by atoms with E-state index in [4.69, 9.17) is 9.47 Å². The van der Waals surface area contributed by atoms with Crippen LogP contribution in [0.15, 0.2) is 35.4 Å². The highest BCUT2D eigenvalue weighted by molar-refractivity contribution is 6.22. The lowest BCUT2D eigenvalue weighted by Crippen LogP contribution is -2.36. The van der Waals surface area contributed by atoms with Crippen molar-refractivity contribution in [3.8, 4) is 0 Å². The molecule has 2 aliphatic heterocycles. The van der Waals surface area contributed by atoms with Gasteiger partial charge in [0, 0.05) is 0 Å². The number of hydrogen-bond donors (Lipinski definition) is 0. The topological polar surface area (TPSA) is 107 Å². The third kappa shape index (κ3) is 3.14. The zero-order valence-electron chi connectivity index (χ0n) is 15.0. The van der Waals surface area contributed by atoms with E-state index in [1.807, 2.05) is 0 Å². The summed E-state index contributed by atoms with van der Waals surface area (Å²) >= 11 is 0. The largest absolute Gasteiger partial charge is 0.456 e. The molecule has 1 aromatic rings. The zero-order chi connectivity index (χ0) is 19.9. The van der Waals surface area contributed by atoms with Gasteiger partial charge in [0.25, 0.3) is 11.8 Å². The van der Waals surface area contributed by atoms with Crippen molar-refractivity contribution in [1.29, 1.82) is 0 Å². The number of ether oxygens (including phenoxy) is 2. The molecule has 0 spiro atoms. The van der Waals surface area contributed by atoms with Gasteiger partial charge in [-0.1, -0.05) is 12.1 Å². The predicted molar refractivity (Wildman–Crippen MR) is 90.6 cm³/mol. The van der Waals surface area contributed by atoms with Gasteiger partial charge in [-0.25, -0.2) is 4.79 Å². The lowest BCUT2D eigenvalue weighted by molar-refractivity contribution is -0.150. The Labute approximate surface area is 154 Å². The SMILES string of the molecule is CC1=C(C(=O)COC(=O)CN2C(=O)c3ccccc3C2=O)C(=O)OC1(C)C. The van der Waals surface area contributed by atoms with Crippen molar-refractivity contribution in [2.24, 2.45) is 0 Å². The van der Waals surface area contributed by atoms with Crippen molar-refractivity contribution < 1.29 is 33.4 Å². The molecule has 0 radical (unpaired) electrons. The van der Waals surface area contributed by atoms with Gasteiger partial charge in [0.2, 0.25) is 5.78 Å². The molecule has 0 fully saturated rings. The molecule has 0 atom stereocenters. The van der Waals surface area contributed by atoms with Crippen molar-refractivity contribution in [1.82, 2.24) is 4.90 Å². The Balaban J connectivity index is 1.62. The number of carbonyl (C=O) groups excluding carboxylic acids is 5. The Hall–Kier alpha value is -3.29. The van der Waals surface area contributed by atoms with Crippen molar-refractivity contribution in [3.63, 3.8) is 0 Å². The van der Waals surface area contributed by atoms with Crippen LogP contribution in [0.2, 0.25) is 0 Å². The van der Waals surface area contributed by atoms with Gasteiger partial charge in [-0.05, 0) is 38.5 Å². The van der Waals surface area contributed by atoms with Crippen LogP contribution in [0.25, 0.3) is 0 Å². The number of cyclic esters (lactones) is 1. The molecular weight excluding hydrogens is 354 g/mol. The van der Waals surface area contributed by atoms with E-state index in [9.17, 15) is 24.0 Å². The van der Waals surface area contributed by atoms with Crippen LogP contribution < -0.4 is 0 Å². The predicted octanol–water partition coefficient (Wildman–Crippen LogP) is 1.05. The van der Waals surface area contributed by atoms with Gasteiger partial charge in [-0.2, -0.15) is 0 Å².